The fraction of sp³-hybridized carbons (Fsp3) is 0.714. The highest BCUT2D eigenvalue weighted by Gasteiger charge is 2.27. The predicted octanol–water partition coefficient (Wildman–Crippen LogP) is 2.62. The number of esters is 2. The van der Waals surface area contributed by atoms with Crippen LogP contribution >= 0.6 is 0 Å². The average Bonchev–Trinajstić information content (AvgIpc) is 2.38. The van der Waals surface area contributed by atoms with Gasteiger partial charge in [0.1, 0.15) is 0 Å². The molecule has 1 atom stereocenters. The van der Waals surface area contributed by atoms with E-state index < -0.39 is 0 Å². The van der Waals surface area contributed by atoms with Gasteiger partial charge in [0.05, 0.1) is 19.1 Å². The van der Waals surface area contributed by atoms with Crippen LogP contribution < -0.4 is 0 Å². The minimum Gasteiger partial charge on any atom is -0.466 e. The highest BCUT2D eigenvalue weighted by atomic mass is 16.5. The first-order valence-corrected chi connectivity index (χ1v) is 6.62. The molecular weight excluding hydrogens is 232 g/mol. The summed E-state index contributed by atoms with van der Waals surface area (Å²) in [6.07, 6.45) is 3.28. The molecule has 1 fully saturated rings. The van der Waals surface area contributed by atoms with Crippen molar-refractivity contribution >= 4 is 11.9 Å². The highest BCUT2D eigenvalue weighted by molar-refractivity contribution is 5.89. The lowest BCUT2D eigenvalue weighted by molar-refractivity contribution is -0.148. The third kappa shape index (κ3) is 3.86. The Balaban J connectivity index is 2.70. The second-order valence-corrected chi connectivity index (χ2v) is 4.49. The van der Waals surface area contributed by atoms with Crippen LogP contribution in [0, 0.1) is 5.92 Å². The Morgan fingerprint density at radius 2 is 1.89 bits per heavy atom. The average molecular weight is 254 g/mol. The number of rotatable bonds is 4. The number of ether oxygens (including phenoxy) is 2. The topological polar surface area (TPSA) is 52.6 Å². The van der Waals surface area contributed by atoms with Gasteiger partial charge in [-0.1, -0.05) is 5.57 Å². The van der Waals surface area contributed by atoms with Gasteiger partial charge in [0.15, 0.2) is 0 Å². The van der Waals surface area contributed by atoms with Gasteiger partial charge in [0, 0.05) is 5.57 Å². The van der Waals surface area contributed by atoms with Crippen molar-refractivity contribution in [3.05, 3.63) is 11.1 Å². The Morgan fingerprint density at radius 1 is 1.22 bits per heavy atom. The quantitative estimate of drug-likeness (QED) is 0.571. The molecule has 0 N–H and O–H groups in total. The molecule has 0 aromatic carbocycles. The first kappa shape index (κ1) is 14.7. The fourth-order valence-electron chi connectivity index (χ4n) is 2.25. The molecule has 0 radical (unpaired) electrons. The molecule has 0 saturated heterocycles. The summed E-state index contributed by atoms with van der Waals surface area (Å²) in [7, 11) is 0. The maximum absolute atomic E-state index is 11.7. The van der Waals surface area contributed by atoms with Gasteiger partial charge in [0.25, 0.3) is 0 Å². The van der Waals surface area contributed by atoms with E-state index >= 15 is 0 Å². The van der Waals surface area contributed by atoms with Crippen LogP contribution in [0.25, 0.3) is 0 Å². The molecule has 1 rings (SSSR count). The molecule has 0 amide bonds. The SMILES string of the molecule is CCOC(=O)C(C)=C1CCCC(C(=O)OCC)C1. The van der Waals surface area contributed by atoms with E-state index in [1.807, 2.05) is 0 Å². The minimum absolute atomic E-state index is 0.0990. The van der Waals surface area contributed by atoms with E-state index in [9.17, 15) is 9.59 Å². The summed E-state index contributed by atoms with van der Waals surface area (Å²) in [6, 6.07) is 0. The van der Waals surface area contributed by atoms with Gasteiger partial charge in [-0.05, 0) is 46.5 Å². The van der Waals surface area contributed by atoms with Crippen molar-refractivity contribution in [3.63, 3.8) is 0 Å². The van der Waals surface area contributed by atoms with Crippen molar-refractivity contribution in [1.29, 1.82) is 0 Å². The van der Waals surface area contributed by atoms with Crippen LogP contribution in [0.15, 0.2) is 11.1 Å². The first-order valence-electron chi connectivity index (χ1n) is 6.62. The van der Waals surface area contributed by atoms with E-state index in [1.165, 1.54) is 0 Å². The van der Waals surface area contributed by atoms with E-state index in [4.69, 9.17) is 9.47 Å². The van der Waals surface area contributed by atoms with E-state index in [1.54, 1.807) is 20.8 Å². The Labute approximate surface area is 108 Å². The number of hydrogen-bond acceptors (Lipinski definition) is 4. The lowest BCUT2D eigenvalue weighted by Crippen LogP contribution is -2.22. The van der Waals surface area contributed by atoms with Crippen LogP contribution in [-0.4, -0.2) is 25.2 Å². The maximum atomic E-state index is 11.7. The molecule has 1 saturated carbocycles. The highest BCUT2D eigenvalue weighted by Crippen LogP contribution is 2.31. The van der Waals surface area contributed by atoms with Gasteiger partial charge in [-0.3, -0.25) is 4.79 Å². The molecule has 0 heterocycles. The summed E-state index contributed by atoms with van der Waals surface area (Å²) >= 11 is 0. The fourth-order valence-corrected chi connectivity index (χ4v) is 2.25. The van der Waals surface area contributed by atoms with Crippen molar-refractivity contribution in [2.75, 3.05) is 13.2 Å². The predicted molar refractivity (Wildman–Crippen MR) is 67.9 cm³/mol. The smallest absolute Gasteiger partial charge is 0.333 e. The number of carbonyl (C=O) groups is 2. The zero-order chi connectivity index (χ0) is 13.5. The lowest BCUT2D eigenvalue weighted by Gasteiger charge is -2.23. The molecule has 0 bridgehead atoms. The van der Waals surface area contributed by atoms with E-state index in [2.05, 4.69) is 0 Å². The molecule has 1 unspecified atom stereocenters. The van der Waals surface area contributed by atoms with Crippen molar-refractivity contribution in [3.8, 4) is 0 Å². The molecule has 4 heteroatoms. The molecule has 0 aliphatic heterocycles. The Bertz CT molecular complexity index is 344. The first-order chi connectivity index (χ1) is 8.60. The molecule has 4 nitrogen and oxygen atoms in total. The number of carbonyl (C=O) groups excluding carboxylic acids is 2. The van der Waals surface area contributed by atoms with E-state index in [0.29, 0.717) is 25.2 Å². The van der Waals surface area contributed by atoms with Crippen LogP contribution in [0.5, 0.6) is 0 Å². The summed E-state index contributed by atoms with van der Waals surface area (Å²) in [6.45, 7) is 6.16. The summed E-state index contributed by atoms with van der Waals surface area (Å²) in [4.78, 5) is 23.3. The van der Waals surface area contributed by atoms with Crippen LogP contribution in [0.1, 0.15) is 46.5 Å². The van der Waals surface area contributed by atoms with Crippen LogP contribution in [0.2, 0.25) is 0 Å². The van der Waals surface area contributed by atoms with Crippen molar-refractivity contribution in [2.24, 2.45) is 5.92 Å². The zero-order valence-electron chi connectivity index (χ0n) is 11.5. The lowest BCUT2D eigenvalue weighted by atomic mass is 9.83. The summed E-state index contributed by atoms with van der Waals surface area (Å²) in [5.41, 5.74) is 1.70. The number of hydrogen-bond donors (Lipinski definition) is 0. The van der Waals surface area contributed by atoms with E-state index in [-0.39, 0.29) is 17.9 Å². The summed E-state index contributed by atoms with van der Waals surface area (Å²) in [5.74, 6) is -0.513. The zero-order valence-corrected chi connectivity index (χ0v) is 11.5. The summed E-state index contributed by atoms with van der Waals surface area (Å²) < 4.78 is 10.0. The van der Waals surface area contributed by atoms with Gasteiger partial charge in [-0.15, -0.1) is 0 Å². The normalized spacial score (nSPS) is 22.3. The number of allylic oxidation sites excluding steroid dienone is 1. The second kappa shape index (κ2) is 7.19. The Morgan fingerprint density at radius 3 is 2.50 bits per heavy atom. The molecule has 0 aromatic heterocycles. The monoisotopic (exact) mass is 254 g/mol. The second-order valence-electron chi connectivity index (χ2n) is 4.49. The van der Waals surface area contributed by atoms with Crippen molar-refractivity contribution in [2.45, 2.75) is 46.5 Å². The van der Waals surface area contributed by atoms with Crippen LogP contribution in [-0.2, 0) is 19.1 Å². The third-order valence-corrected chi connectivity index (χ3v) is 3.26. The molecule has 1 aliphatic rings. The largest absolute Gasteiger partial charge is 0.466 e. The van der Waals surface area contributed by atoms with Crippen LogP contribution in [0.4, 0.5) is 0 Å². The molecule has 102 valence electrons. The molecule has 1 aliphatic carbocycles. The Kier molecular flexibility index (Phi) is 5.89. The van der Waals surface area contributed by atoms with Crippen LogP contribution in [0.3, 0.4) is 0 Å². The van der Waals surface area contributed by atoms with Gasteiger partial charge in [-0.25, -0.2) is 4.79 Å². The molecule has 0 spiro atoms. The van der Waals surface area contributed by atoms with Crippen molar-refractivity contribution in [1.82, 2.24) is 0 Å². The molecule has 18 heavy (non-hydrogen) atoms. The van der Waals surface area contributed by atoms with Gasteiger partial charge in [-0.2, -0.15) is 0 Å². The molecule has 0 aromatic rings. The maximum Gasteiger partial charge on any atom is 0.333 e. The summed E-state index contributed by atoms with van der Waals surface area (Å²) in [5, 5.41) is 0. The van der Waals surface area contributed by atoms with Crippen molar-refractivity contribution < 1.29 is 19.1 Å². The minimum atomic E-state index is -0.267. The van der Waals surface area contributed by atoms with Gasteiger partial charge < -0.3 is 9.47 Å². The standard InChI is InChI=1S/C14H22O4/c1-4-17-13(15)10(3)11-7-6-8-12(9-11)14(16)18-5-2/h12H,4-9H2,1-3H3. The van der Waals surface area contributed by atoms with Gasteiger partial charge in [0.2, 0.25) is 0 Å². The Hall–Kier alpha value is -1.32. The van der Waals surface area contributed by atoms with E-state index in [0.717, 1.165) is 24.8 Å². The van der Waals surface area contributed by atoms with Gasteiger partial charge >= 0.3 is 11.9 Å². The third-order valence-electron chi connectivity index (χ3n) is 3.26. The molecular formula is C14H22O4.